The molecule has 0 heterocycles. The Morgan fingerprint density at radius 2 is 0.821 bits per heavy atom. The number of rotatable bonds is 52. The molecule has 3 N–H and O–H groups in total. The third-order valence-corrected chi connectivity index (χ3v) is 12.9. The quantitative estimate of drug-likeness (QED) is 0.0233. The minimum absolute atomic E-state index is 0.175. The van der Waals surface area contributed by atoms with Gasteiger partial charge in [-0.3, -0.25) is 18.6 Å². The molecule has 0 rings (SSSR count). The van der Waals surface area contributed by atoms with Crippen LogP contribution in [0.5, 0.6) is 0 Å². The Bertz CT molecular complexity index is 1250. The first kappa shape index (κ1) is 64.9. The summed E-state index contributed by atoms with van der Waals surface area (Å²) >= 11 is 0. The molecule has 3 unspecified atom stereocenters. The van der Waals surface area contributed by atoms with E-state index in [4.69, 9.17) is 23.6 Å². The minimum atomic E-state index is -4.63. The highest BCUT2D eigenvalue weighted by atomic mass is 31.2. The number of allylic oxidation sites excluding steroid dienone is 8. The summed E-state index contributed by atoms with van der Waals surface area (Å²) in [5.41, 5.74) is 0. The Morgan fingerprint density at radius 3 is 1.24 bits per heavy atom. The van der Waals surface area contributed by atoms with Gasteiger partial charge >= 0.3 is 19.8 Å². The predicted octanol–water partition coefficient (Wildman–Crippen LogP) is 16.0. The maximum absolute atomic E-state index is 12.7. The van der Waals surface area contributed by atoms with Crippen LogP contribution in [0.1, 0.15) is 258 Å². The van der Waals surface area contributed by atoms with Gasteiger partial charge in [0, 0.05) is 12.8 Å². The number of hydrogen-bond acceptors (Lipinski definition) is 9. The van der Waals surface area contributed by atoms with Crippen molar-refractivity contribution in [1.82, 2.24) is 0 Å². The Balaban J connectivity index is 4.12. The molecule has 0 aromatic carbocycles. The summed E-state index contributed by atoms with van der Waals surface area (Å²) in [4.78, 5) is 35.3. The van der Waals surface area contributed by atoms with Gasteiger partial charge in [0.1, 0.15) is 12.7 Å². The molecule has 0 bridgehead atoms. The highest BCUT2D eigenvalue weighted by Gasteiger charge is 2.27. The molecule has 0 saturated carbocycles. The van der Waals surface area contributed by atoms with E-state index in [-0.39, 0.29) is 19.4 Å². The minimum Gasteiger partial charge on any atom is -0.462 e. The van der Waals surface area contributed by atoms with Gasteiger partial charge in [0.2, 0.25) is 0 Å². The van der Waals surface area contributed by atoms with Crippen LogP contribution in [0.4, 0.5) is 0 Å². The molecule has 392 valence electrons. The van der Waals surface area contributed by atoms with Crippen LogP contribution < -0.4 is 0 Å². The lowest BCUT2D eigenvalue weighted by atomic mass is 10.0. The van der Waals surface area contributed by atoms with Gasteiger partial charge in [-0.25, -0.2) is 4.57 Å². The van der Waals surface area contributed by atoms with Crippen LogP contribution in [0.2, 0.25) is 0 Å². The smallest absolute Gasteiger partial charge is 0.462 e. The van der Waals surface area contributed by atoms with Crippen LogP contribution in [0, 0.1) is 0 Å². The van der Waals surface area contributed by atoms with Crippen LogP contribution in [-0.4, -0.2) is 65.7 Å². The second-order valence-electron chi connectivity index (χ2n) is 18.6. The number of carbonyl (C=O) groups is 2. The zero-order valence-electron chi connectivity index (χ0n) is 43.1. The summed E-state index contributed by atoms with van der Waals surface area (Å²) in [5.74, 6) is -0.923. The second kappa shape index (κ2) is 51.8. The first-order chi connectivity index (χ1) is 32.7. The first-order valence-corrected chi connectivity index (χ1v) is 29.1. The summed E-state index contributed by atoms with van der Waals surface area (Å²) in [5, 5.41) is 18.4. The molecule has 11 heteroatoms. The number of unbranched alkanes of at least 4 members (excludes halogenated alkanes) is 30. The fourth-order valence-corrected chi connectivity index (χ4v) is 8.60. The number of aliphatic hydroxyl groups is 2. The SMILES string of the molecule is CC/C=C\C/C=C\C/C=C\C/C=C\CCCCCCCCCCC(=O)OC(COC(=O)CCCCCCCCCCCCCCCCCCCCCCCCC)COP(=O)(O)OCC(O)CO. The predicted molar refractivity (Wildman–Crippen MR) is 279 cm³/mol. The zero-order valence-corrected chi connectivity index (χ0v) is 44.0. The van der Waals surface area contributed by atoms with Gasteiger partial charge in [-0.05, 0) is 51.4 Å². The van der Waals surface area contributed by atoms with Crippen LogP contribution in [0.15, 0.2) is 48.6 Å². The number of phosphoric acid groups is 1. The Morgan fingerprint density at radius 1 is 0.463 bits per heavy atom. The van der Waals surface area contributed by atoms with E-state index in [1.165, 1.54) is 148 Å². The molecular formula is C56H103O10P. The van der Waals surface area contributed by atoms with Crippen molar-refractivity contribution in [2.24, 2.45) is 0 Å². The van der Waals surface area contributed by atoms with E-state index in [0.717, 1.165) is 70.6 Å². The standard InChI is InChI=1S/C56H103O10P/c1-3-5-7-9-11-13-15-17-19-21-23-25-26-28-29-31-33-35-37-39-41-43-45-47-55(59)63-51-54(52-65-67(61,62)64-50-53(58)49-57)66-56(60)48-46-44-42-40-38-36-34-32-30-27-24-22-20-18-16-14-12-10-8-6-4-2/h6,8,12,14,18,20,24,27,53-54,57-58H,3-5,7,9-11,13,15-17,19,21-23,25-26,28-52H2,1-2H3,(H,61,62)/b8-6-,14-12-,20-18-,27-24-. The van der Waals surface area contributed by atoms with Crippen LogP contribution >= 0.6 is 7.82 Å². The van der Waals surface area contributed by atoms with Crippen LogP contribution in [0.3, 0.4) is 0 Å². The van der Waals surface area contributed by atoms with Gasteiger partial charge in [0.15, 0.2) is 6.10 Å². The van der Waals surface area contributed by atoms with E-state index < -0.39 is 51.8 Å². The number of esters is 2. The van der Waals surface area contributed by atoms with Crippen molar-refractivity contribution >= 4 is 19.8 Å². The molecule has 0 fully saturated rings. The van der Waals surface area contributed by atoms with Crippen LogP contribution in [-0.2, 0) is 32.7 Å². The zero-order chi connectivity index (χ0) is 49.0. The number of ether oxygens (including phenoxy) is 2. The Labute approximate surface area is 411 Å². The molecule has 10 nitrogen and oxygen atoms in total. The number of hydrogen-bond donors (Lipinski definition) is 3. The fraction of sp³-hybridized carbons (Fsp3) is 0.821. The van der Waals surface area contributed by atoms with Crippen molar-refractivity contribution in [3.63, 3.8) is 0 Å². The molecule has 0 aromatic heterocycles. The molecular weight excluding hydrogens is 864 g/mol. The van der Waals surface area contributed by atoms with Gasteiger partial charge in [-0.1, -0.05) is 242 Å². The van der Waals surface area contributed by atoms with Crippen molar-refractivity contribution in [3.05, 3.63) is 48.6 Å². The van der Waals surface area contributed by atoms with E-state index in [1.807, 2.05) is 0 Å². The lowest BCUT2D eigenvalue weighted by Gasteiger charge is -2.20. The van der Waals surface area contributed by atoms with E-state index >= 15 is 0 Å². The first-order valence-electron chi connectivity index (χ1n) is 27.6. The third kappa shape index (κ3) is 51.6. The molecule has 67 heavy (non-hydrogen) atoms. The summed E-state index contributed by atoms with van der Waals surface area (Å²) < 4.78 is 32.9. The van der Waals surface area contributed by atoms with Crippen molar-refractivity contribution in [1.29, 1.82) is 0 Å². The summed E-state index contributed by atoms with van der Waals surface area (Å²) in [6.45, 7) is 2.31. The molecule has 0 aliphatic rings. The summed E-state index contributed by atoms with van der Waals surface area (Å²) in [6, 6.07) is 0. The van der Waals surface area contributed by atoms with Gasteiger partial charge in [0.25, 0.3) is 0 Å². The highest BCUT2D eigenvalue weighted by Crippen LogP contribution is 2.43. The number of aliphatic hydroxyl groups excluding tert-OH is 2. The maximum atomic E-state index is 12.7. The van der Waals surface area contributed by atoms with Crippen molar-refractivity contribution in [3.8, 4) is 0 Å². The van der Waals surface area contributed by atoms with Gasteiger partial charge in [-0.15, -0.1) is 0 Å². The van der Waals surface area contributed by atoms with Gasteiger partial charge in [-0.2, -0.15) is 0 Å². The average molecular weight is 967 g/mol. The van der Waals surface area contributed by atoms with Crippen molar-refractivity contribution in [2.75, 3.05) is 26.4 Å². The average Bonchev–Trinajstić information content (AvgIpc) is 3.32. The van der Waals surface area contributed by atoms with E-state index in [0.29, 0.717) is 12.8 Å². The molecule has 0 radical (unpaired) electrons. The van der Waals surface area contributed by atoms with Crippen LogP contribution in [0.25, 0.3) is 0 Å². The van der Waals surface area contributed by atoms with E-state index in [2.05, 4.69) is 62.5 Å². The lowest BCUT2D eigenvalue weighted by Crippen LogP contribution is -2.29. The van der Waals surface area contributed by atoms with Gasteiger partial charge < -0.3 is 24.6 Å². The normalized spacial score (nSPS) is 13.9. The molecule has 0 amide bonds. The number of carbonyl (C=O) groups excluding carboxylic acids is 2. The third-order valence-electron chi connectivity index (χ3n) is 12.0. The monoisotopic (exact) mass is 967 g/mol. The molecule has 0 saturated heterocycles. The highest BCUT2D eigenvalue weighted by molar-refractivity contribution is 7.47. The van der Waals surface area contributed by atoms with Crippen molar-refractivity contribution < 1.29 is 47.8 Å². The fourth-order valence-electron chi connectivity index (χ4n) is 7.81. The largest absolute Gasteiger partial charge is 0.472 e. The molecule has 3 atom stereocenters. The van der Waals surface area contributed by atoms with Gasteiger partial charge in [0.05, 0.1) is 19.8 Å². The number of phosphoric ester groups is 1. The maximum Gasteiger partial charge on any atom is 0.472 e. The lowest BCUT2D eigenvalue weighted by molar-refractivity contribution is -0.161. The molecule has 0 aliphatic carbocycles. The molecule has 0 aliphatic heterocycles. The summed E-state index contributed by atoms with van der Waals surface area (Å²) in [7, 11) is -4.63. The Kier molecular flexibility index (Phi) is 50.2. The van der Waals surface area contributed by atoms with E-state index in [9.17, 15) is 24.2 Å². The summed E-state index contributed by atoms with van der Waals surface area (Å²) in [6.07, 6.45) is 59.4. The topological polar surface area (TPSA) is 149 Å². The second-order valence-corrected chi connectivity index (χ2v) is 20.0. The van der Waals surface area contributed by atoms with Crippen molar-refractivity contribution in [2.45, 2.75) is 270 Å². The molecule has 0 spiro atoms. The van der Waals surface area contributed by atoms with E-state index in [1.54, 1.807) is 0 Å². The molecule has 0 aromatic rings. The Hall–Kier alpha value is -2.07.